The number of thiophene rings is 1. The van der Waals surface area contributed by atoms with Crippen LogP contribution < -0.4 is 0 Å². The fourth-order valence-electron chi connectivity index (χ4n) is 2.03. The van der Waals surface area contributed by atoms with Gasteiger partial charge in [0.15, 0.2) is 0 Å². The van der Waals surface area contributed by atoms with Crippen molar-refractivity contribution in [1.82, 2.24) is 15.2 Å². The van der Waals surface area contributed by atoms with E-state index in [2.05, 4.69) is 27.3 Å². The number of rotatable bonds is 1. The van der Waals surface area contributed by atoms with E-state index in [-0.39, 0.29) is 0 Å². The Morgan fingerprint density at radius 2 is 1.64 bits per heavy atom. The van der Waals surface area contributed by atoms with Crippen molar-refractivity contribution in [2.45, 2.75) is 0 Å². The molecule has 0 saturated heterocycles. The lowest BCUT2D eigenvalue weighted by Gasteiger charge is -2.02. The predicted molar refractivity (Wildman–Crippen MR) is 94.5 cm³/mol. The van der Waals surface area contributed by atoms with Crippen molar-refractivity contribution < 1.29 is 0 Å². The zero-order valence-corrected chi connectivity index (χ0v) is 13.3. The first-order valence-electron chi connectivity index (χ1n) is 6.72. The quantitative estimate of drug-likeness (QED) is 0.495. The summed E-state index contributed by atoms with van der Waals surface area (Å²) in [5, 5.41) is 11.4. The number of fused-ring (bicyclic) bond motifs is 1. The third-order valence-electron chi connectivity index (χ3n) is 3.02. The van der Waals surface area contributed by atoms with E-state index in [0.717, 1.165) is 21.3 Å². The molecule has 1 aromatic carbocycles. The lowest BCUT2D eigenvalue weighted by atomic mass is 10.1. The molecule has 3 aromatic heterocycles. The summed E-state index contributed by atoms with van der Waals surface area (Å²) in [6.07, 6.45) is 3.50. The second-order valence-corrected chi connectivity index (χ2v) is 5.80. The van der Waals surface area contributed by atoms with Crippen LogP contribution in [0, 0.1) is 4.64 Å². The fraction of sp³-hybridized carbons (Fsp3) is 0. The van der Waals surface area contributed by atoms with Gasteiger partial charge in [-0.1, -0.05) is 48.6 Å². The van der Waals surface area contributed by atoms with Gasteiger partial charge in [0.1, 0.15) is 10.3 Å². The zero-order chi connectivity index (χ0) is 15.2. The number of hydrogen-bond acceptors (Lipinski definition) is 4. The molecule has 0 radical (unpaired) electrons. The summed E-state index contributed by atoms with van der Waals surface area (Å²) in [7, 11) is 0. The molecule has 1 N–H and O–H groups in total. The minimum absolute atomic E-state index is 0.691. The Balaban J connectivity index is 0.000000202. The molecular formula is C17H13N3S2. The number of benzene rings is 1. The summed E-state index contributed by atoms with van der Waals surface area (Å²) in [4.78, 5) is 4.94. The molecule has 0 spiro atoms. The average Bonchev–Trinajstić information content (AvgIpc) is 3.12. The largest absolute Gasteiger partial charge is 0.267 e. The van der Waals surface area contributed by atoms with Crippen molar-refractivity contribution >= 4 is 34.3 Å². The minimum atomic E-state index is 0.691. The Labute approximate surface area is 137 Å². The van der Waals surface area contributed by atoms with Crippen LogP contribution in [0.25, 0.3) is 21.3 Å². The van der Waals surface area contributed by atoms with E-state index in [1.165, 1.54) is 0 Å². The molecule has 22 heavy (non-hydrogen) atoms. The van der Waals surface area contributed by atoms with Crippen LogP contribution in [0.2, 0.25) is 0 Å². The van der Waals surface area contributed by atoms with Gasteiger partial charge in [0, 0.05) is 23.2 Å². The molecule has 0 aliphatic carbocycles. The first-order valence-corrected chi connectivity index (χ1v) is 8.01. The Bertz CT molecular complexity index is 873. The van der Waals surface area contributed by atoms with Crippen molar-refractivity contribution in [3.63, 3.8) is 0 Å². The smallest absolute Gasteiger partial charge is 0.127 e. The third-order valence-corrected chi connectivity index (χ3v) is 4.20. The highest BCUT2D eigenvalue weighted by molar-refractivity contribution is 7.71. The average molecular weight is 323 g/mol. The third kappa shape index (κ3) is 3.27. The highest BCUT2D eigenvalue weighted by Gasteiger charge is 2.06. The van der Waals surface area contributed by atoms with E-state index in [1.54, 1.807) is 23.7 Å². The molecule has 0 fully saturated rings. The van der Waals surface area contributed by atoms with Gasteiger partial charge in [-0.25, -0.2) is 0 Å². The van der Waals surface area contributed by atoms with Crippen molar-refractivity contribution in [1.29, 1.82) is 0 Å². The molecular weight excluding hydrogens is 310 g/mol. The van der Waals surface area contributed by atoms with Crippen LogP contribution in [0.3, 0.4) is 0 Å². The van der Waals surface area contributed by atoms with Crippen molar-refractivity contribution in [2.75, 3.05) is 0 Å². The number of pyridine rings is 1. The van der Waals surface area contributed by atoms with Crippen LogP contribution in [-0.4, -0.2) is 15.2 Å². The minimum Gasteiger partial charge on any atom is -0.267 e. The van der Waals surface area contributed by atoms with Gasteiger partial charge >= 0.3 is 0 Å². The molecule has 0 aliphatic heterocycles. The highest BCUT2D eigenvalue weighted by atomic mass is 32.1. The second-order valence-electron chi connectivity index (χ2n) is 4.45. The molecule has 0 atom stereocenters. The number of nitrogens with zero attached hydrogens (tertiary/aromatic N) is 2. The van der Waals surface area contributed by atoms with Gasteiger partial charge in [0.05, 0.1) is 4.88 Å². The van der Waals surface area contributed by atoms with Crippen LogP contribution in [-0.2, 0) is 0 Å². The zero-order valence-electron chi connectivity index (χ0n) is 11.6. The van der Waals surface area contributed by atoms with Gasteiger partial charge in [0.2, 0.25) is 0 Å². The molecule has 4 aromatic rings. The molecule has 0 aliphatic rings. The summed E-state index contributed by atoms with van der Waals surface area (Å²) in [6.45, 7) is 0. The summed E-state index contributed by atoms with van der Waals surface area (Å²) < 4.78 is 0.691. The van der Waals surface area contributed by atoms with E-state index in [9.17, 15) is 0 Å². The number of aromatic amines is 1. The summed E-state index contributed by atoms with van der Waals surface area (Å²) in [5.41, 5.74) is 0.971. The van der Waals surface area contributed by atoms with Crippen LogP contribution in [0.4, 0.5) is 0 Å². The summed E-state index contributed by atoms with van der Waals surface area (Å²) >= 11 is 6.91. The Kier molecular flexibility index (Phi) is 4.68. The molecule has 108 valence electrons. The monoisotopic (exact) mass is 323 g/mol. The van der Waals surface area contributed by atoms with Crippen LogP contribution >= 0.6 is 23.6 Å². The van der Waals surface area contributed by atoms with Crippen LogP contribution in [0.15, 0.2) is 72.4 Å². The highest BCUT2D eigenvalue weighted by Crippen LogP contribution is 2.29. The first kappa shape index (κ1) is 14.6. The molecule has 0 saturated carbocycles. The van der Waals surface area contributed by atoms with Gasteiger partial charge in [-0.2, -0.15) is 5.10 Å². The lowest BCUT2D eigenvalue weighted by molar-refractivity contribution is 1.05. The topological polar surface area (TPSA) is 41.6 Å². The van der Waals surface area contributed by atoms with E-state index in [0.29, 0.717) is 4.64 Å². The summed E-state index contributed by atoms with van der Waals surface area (Å²) in [5.74, 6) is 0. The number of aromatic nitrogens is 3. The number of H-pyrrole nitrogens is 1. The molecule has 4 rings (SSSR count). The molecule has 5 heteroatoms. The molecule has 3 heterocycles. The van der Waals surface area contributed by atoms with Gasteiger partial charge in [-0.3, -0.25) is 10.1 Å². The number of nitrogens with one attached hydrogen (secondary N) is 1. The van der Waals surface area contributed by atoms with E-state index in [4.69, 9.17) is 12.2 Å². The Morgan fingerprint density at radius 3 is 2.23 bits per heavy atom. The lowest BCUT2D eigenvalue weighted by Crippen LogP contribution is -1.89. The van der Waals surface area contributed by atoms with E-state index >= 15 is 0 Å². The Morgan fingerprint density at radius 1 is 0.864 bits per heavy atom. The van der Waals surface area contributed by atoms with Crippen LogP contribution in [0.1, 0.15) is 0 Å². The number of hydrogen-bond donors (Lipinski definition) is 1. The van der Waals surface area contributed by atoms with Gasteiger partial charge < -0.3 is 0 Å². The molecule has 0 amide bonds. The van der Waals surface area contributed by atoms with Crippen molar-refractivity contribution in [3.05, 3.63) is 77.0 Å². The Hall–Kier alpha value is -2.37. The molecule has 3 nitrogen and oxygen atoms in total. The van der Waals surface area contributed by atoms with Crippen LogP contribution in [0.5, 0.6) is 0 Å². The van der Waals surface area contributed by atoms with Gasteiger partial charge in [0.25, 0.3) is 0 Å². The normalized spacial score (nSPS) is 10.0. The summed E-state index contributed by atoms with van der Waals surface area (Å²) in [6, 6.07) is 17.9. The SMILES string of the molecule is S=c1[nH]nc(-c2cccs2)c2ccccc12.c1ccncc1. The standard InChI is InChI=1S/C12H8N2S2.C5H5N/c15-12-9-5-2-1-4-8(9)11(13-14-12)10-6-3-7-16-10;1-2-4-6-5-3-1/h1-7H,(H,14,15);1-5H. The van der Waals surface area contributed by atoms with Gasteiger partial charge in [-0.05, 0) is 23.6 Å². The maximum absolute atomic E-state index is 5.23. The van der Waals surface area contributed by atoms with Crippen molar-refractivity contribution in [3.8, 4) is 10.6 Å². The van der Waals surface area contributed by atoms with E-state index in [1.807, 2.05) is 47.8 Å². The fourth-order valence-corrected chi connectivity index (χ4v) is 2.98. The molecule has 0 bridgehead atoms. The first-order chi connectivity index (χ1) is 10.9. The van der Waals surface area contributed by atoms with Gasteiger partial charge in [-0.15, -0.1) is 11.3 Å². The maximum Gasteiger partial charge on any atom is 0.127 e. The second kappa shape index (κ2) is 7.06. The maximum atomic E-state index is 5.23. The predicted octanol–water partition coefficient (Wildman–Crippen LogP) is 5.10. The van der Waals surface area contributed by atoms with Crippen molar-refractivity contribution in [2.24, 2.45) is 0 Å². The van der Waals surface area contributed by atoms with E-state index < -0.39 is 0 Å². The molecule has 0 unspecified atom stereocenters.